The second-order valence-electron chi connectivity index (χ2n) is 4.79. The van der Waals surface area contributed by atoms with Crippen LogP contribution in [0.15, 0.2) is 22.7 Å². The number of aromatic nitrogens is 2. The van der Waals surface area contributed by atoms with Crippen LogP contribution in [-0.2, 0) is 5.88 Å². The standard InChI is InChI=1S/C14H15BrCl2N2/c1-8(2)13-11(7-16)14(17)19(18-13)12-5-4-10(15)6-9(12)3/h4-6,8H,7H2,1-3H3. The van der Waals surface area contributed by atoms with Gasteiger partial charge in [-0.1, -0.05) is 41.4 Å². The van der Waals surface area contributed by atoms with Crippen molar-refractivity contribution in [3.8, 4) is 5.69 Å². The highest BCUT2D eigenvalue weighted by Gasteiger charge is 2.19. The van der Waals surface area contributed by atoms with Crippen molar-refractivity contribution in [1.29, 1.82) is 0 Å². The summed E-state index contributed by atoms with van der Waals surface area (Å²) in [6.45, 7) is 6.22. The van der Waals surface area contributed by atoms with Gasteiger partial charge in [0, 0.05) is 10.0 Å². The first-order valence-corrected chi connectivity index (χ1v) is 7.76. The predicted molar refractivity (Wildman–Crippen MR) is 84.7 cm³/mol. The average molecular weight is 362 g/mol. The van der Waals surface area contributed by atoms with Gasteiger partial charge in [-0.05, 0) is 36.6 Å². The van der Waals surface area contributed by atoms with Crippen molar-refractivity contribution in [3.63, 3.8) is 0 Å². The molecule has 0 amide bonds. The van der Waals surface area contributed by atoms with Crippen LogP contribution in [0.3, 0.4) is 0 Å². The van der Waals surface area contributed by atoms with E-state index in [9.17, 15) is 0 Å². The third kappa shape index (κ3) is 2.83. The van der Waals surface area contributed by atoms with Gasteiger partial charge in [0.15, 0.2) is 0 Å². The van der Waals surface area contributed by atoms with E-state index < -0.39 is 0 Å². The number of benzene rings is 1. The minimum Gasteiger partial charge on any atom is -0.221 e. The van der Waals surface area contributed by atoms with Crippen LogP contribution in [0.5, 0.6) is 0 Å². The summed E-state index contributed by atoms with van der Waals surface area (Å²) in [5.74, 6) is 0.672. The first-order chi connectivity index (χ1) is 8.95. The molecule has 2 rings (SSSR count). The van der Waals surface area contributed by atoms with E-state index in [0.29, 0.717) is 17.0 Å². The van der Waals surface area contributed by atoms with Crippen LogP contribution < -0.4 is 0 Å². The molecule has 0 aliphatic heterocycles. The summed E-state index contributed by atoms with van der Waals surface area (Å²) in [5, 5.41) is 5.23. The molecule has 0 N–H and O–H groups in total. The molecule has 102 valence electrons. The second kappa shape index (κ2) is 5.86. The highest BCUT2D eigenvalue weighted by molar-refractivity contribution is 9.10. The lowest BCUT2D eigenvalue weighted by molar-refractivity contribution is 0.763. The van der Waals surface area contributed by atoms with Gasteiger partial charge >= 0.3 is 0 Å². The molecule has 1 aromatic carbocycles. The van der Waals surface area contributed by atoms with E-state index in [1.807, 2.05) is 25.1 Å². The highest BCUT2D eigenvalue weighted by Crippen LogP contribution is 2.31. The van der Waals surface area contributed by atoms with Crippen LogP contribution in [-0.4, -0.2) is 9.78 Å². The Hall–Kier alpha value is -0.510. The van der Waals surface area contributed by atoms with Crippen LogP contribution >= 0.6 is 39.1 Å². The fourth-order valence-corrected chi connectivity index (χ4v) is 3.15. The number of nitrogens with zero attached hydrogens (tertiary/aromatic N) is 2. The molecule has 19 heavy (non-hydrogen) atoms. The maximum atomic E-state index is 6.42. The monoisotopic (exact) mass is 360 g/mol. The number of aryl methyl sites for hydroxylation is 1. The third-order valence-corrected chi connectivity index (χ3v) is 4.17. The van der Waals surface area contributed by atoms with Gasteiger partial charge in [-0.25, -0.2) is 4.68 Å². The van der Waals surface area contributed by atoms with E-state index in [-0.39, 0.29) is 0 Å². The van der Waals surface area contributed by atoms with E-state index in [1.54, 1.807) is 4.68 Å². The molecule has 0 unspecified atom stereocenters. The topological polar surface area (TPSA) is 17.8 Å². The van der Waals surface area contributed by atoms with Gasteiger partial charge in [0.1, 0.15) is 5.15 Å². The normalized spacial score (nSPS) is 11.3. The largest absolute Gasteiger partial charge is 0.221 e. The Morgan fingerprint density at radius 1 is 1.37 bits per heavy atom. The predicted octanol–water partition coefficient (Wildman–Crippen LogP) is 5.46. The van der Waals surface area contributed by atoms with Crippen molar-refractivity contribution in [2.75, 3.05) is 0 Å². The molecule has 0 radical (unpaired) electrons. The molecule has 1 heterocycles. The van der Waals surface area contributed by atoms with Crippen molar-refractivity contribution in [3.05, 3.63) is 44.6 Å². The molecule has 0 aliphatic carbocycles. The van der Waals surface area contributed by atoms with Crippen LogP contribution in [0.4, 0.5) is 0 Å². The number of hydrogen-bond acceptors (Lipinski definition) is 1. The SMILES string of the molecule is Cc1cc(Br)ccc1-n1nc(C(C)C)c(CCl)c1Cl. The van der Waals surface area contributed by atoms with Crippen molar-refractivity contribution in [2.24, 2.45) is 0 Å². The zero-order valence-electron chi connectivity index (χ0n) is 11.0. The maximum Gasteiger partial charge on any atom is 0.137 e. The minimum absolute atomic E-state index is 0.295. The maximum absolute atomic E-state index is 6.42. The van der Waals surface area contributed by atoms with Crippen molar-refractivity contribution >= 4 is 39.1 Å². The Morgan fingerprint density at radius 3 is 2.53 bits per heavy atom. The van der Waals surface area contributed by atoms with E-state index in [2.05, 4.69) is 34.9 Å². The van der Waals surface area contributed by atoms with Gasteiger partial charge in [0.25, 0.3) is 0 Å². The van der Waals surface area contributed by atoms with E-state index >= 15 is 0 Å². The molecule has 0 saturated heterocycles. The van der Waals surface area contributed by atoms with Crippen LogP contribution in [0, 0.1) is 6.92 Å². The van der Waals surface area contributed by atoms with Crippen LogP contribution in [0.2, 0.25) is 5.15 Å². The summed E-state index contributed by atoms with van der Waals surface area (Å²) >= 11 is 15.9. The summed E-state index contributed by atoms with van der Waals surface area (Å²) < 4.78 is 2.81. The molecule has 2 aromatic rings. The van der Waals surface area contributed by atoms with Crippen molar-refractivity contribution < 1.29 is 0 Å². The average Bonchev–Trinajstić information content (AvgIpc) is 2.66. The summed E-state index contributed by atoms with van der Waals surface area (Å²) in [7, 11) is 0. The summed E-state index contributed by atoms with van der Waals surface area (Å²) in [6.07, 6.45) is 0. The van der Waals surface area contributed by atoms with Gasteiger partial charge in [-0.2, -0.15) is 5.10 Å². The minimum atomic E-state index is 0.295. The lowest BCUT2D eigenvalue weighted by atomic mass is 10.1. The zero-order valence-corrected chi connectivity index (χ0v) is 14.1. The number of alkyl halides is 1. The third-order valence-electron chi connectivity index (χ3n) is 3.02. The Labute approximate surface area is 131 Å². The fraction of sp³-hybridized carbons (Fsp3) is 0.357. The molecular weight excluding hydrogens is 347 g/mol. The molecule has 1 aromatic heterocycles. The van der Waals surface area contributed by atoms with Crippen LogP contribution in [0.1, 0.15) is 36.6 Å². The summed E-state index contributed by atoms with van der Waals surface area (Å²) in [6, 6.07) is 6.03. The molecule has 5 heteroatoms. The molecule has 0 spiro atoms. The molecule has 2 nitrogen and oxygen atoms in total. The molecule has 0 bridgehead atoms. The van der Waals surface area contributed by atoms with Gasteiger partial charge in [-0.15, -0.1) is 11.6 Å². The van der Waals surface area contributed by atoms with Gasteiger partial charge in [0.2, 0.25) is 0 Å². The van der Waals surface area contributed by atoms with Crippen LogP contribution in [0.25, 0.3) is 5.69 Å². The Bertz CT molecular complexity index is 606. The molecule has 0 fully saturated rings. The van der Waals surface area contributed by atoms with Gasteiger partial charge < -0.3 is 0 Å². The summed E-state index contributed by atoms with van der Waals surface area (Å²) in [5.41, 5.74) is 3.96. The van der Waals surface area contributed by atoms with Gasteiger partial charge in [-0.3, -0.25) is 0 Å². The van der Waals surface area contributed by atoms with Crippen molar-refractivity contribution in [2.45, 2.75) is 32.6 Å². The molecular formula is C14H15BrCl2N2. The number of halogens is 3. The zero-order chi connectivity index (χ0) is 14.2. The lowest BCUT2D eigenvalue weighted by Crippen LogP contribution is -2.00. The quantitative estimate of drug-likeness (QED) is 0.663. The molecule has 0 saturated carbocycles. The highest BCUT2D eigenvalue weighted by atomic mass is 79.9. The lowest BCUT2D eigenvalue weighted by Gasteiger charge is -2.07. The van der Waals surface area contributed by atoms with Crippen molar-refractivity contribution in [1.82, 2.24) is 9.78 Å². The second-order valence-corrected chi connectivity index (χ2v) is 6.33. The van der Waals surface area contributed by atoms with E-state index in [1.165, 1.54) is 0 Å². The number of rotatable bonds is 3. The Morgan fingerprint density at radius 2 is 2.05 bits per heavy atom. The Kier molecular flexibility index (Phi) is 4.59. The van der Waals surface area contributed by atoms with E-state index in [0.717, 1.165) is 27.0 Å². The molecule has 0 aliphatic rings. The smallest absolute Gasteiger partial charge is 0.137 e. The summed E-state index contributed by atoms with van der Waals surface area (Å²) in [4.78, 5) is 0. The van der Waals surface area contributed by atoms with E-state index in [4.69, 9.17) is 23.2 Å². The Balaban J connectivity index is 2.63. The first-order valence-electron chi connectivity index (χ1n) is 6.05. The molecule has 0 atom stereocenters. The first kappa shape index (κ1) is 14.9. The number of hydrogen-bond donors (Lipinski definition) is 0. The fourth-order valence-electron chi connectivity index (χ4n) is 2.05. The van der Waals surface area contributed by atoms with Gasteiger partial charge in [0.05, 0.1) is 17.3 Å².